The van der Waals surface area contributed by atoms with Gasteiger partial charge in [-0.2, -0.15) is 0 Å². The minimum absolute atomic E-state index is 0.0549. The zero-order valence-corrected chi connectivity index (χ0v) is 16.2. The molecule has 0 radical (unpaired) electrons. The third-order valence-corrected chi connectivity index (χ3v) is 7.24. The lowest BCUT2D eigenvalue weighted by atomic mass is 9.51. The highest BCUT2D eigenvalue weighted by atomic mass is 16.2. The topological polar surface area (TPSA) is 95.2 Å². The van der Waals surface area contributed by atoms with Gasteiger partial charge in [0.05, 0.1) is 0 Å². The quantitative estimate of drug-likeness (QED) is 0.811. The van der Waals surface area contributed by atoms with Gasteiger partial charge in [0, 0.05) is 37.0 Å². The van der Waals surface area contributed by atoms with Crippen molar-refractivity contribution >= 4 is 11.8 Å². The maximum Gasteiger partial charge on any atom is 0.270 e. The van der Waals surface area contributed by atoms with Crippen molar-refractivity contribution < 1.29 is 9.59 Å². The first-order valence-corrected chi connectivity index (χ1v) is 10.7. The minimum Gasteiger partial charge on any atom is -0.349 e. The summed E-state index contributed by atoms with van der Waals surface area (Å²) in [5, 5.41) is 2.90. The maximum atomic E-state index is 12.9. The minimum atomic E-state index is -0.329. The van der Waals surface area contributed by atoms with E-state index in [2.05, 4.69) is 15.3 Å². The molecule has 3 saturated carbocycles. The molecule has 4 aliphatic rings. The van der Waals surface area contributed by atoms with E-state index in [1.54, 1.807) is 0 Å². The number of carbonyl (C=O) groups is 2. The van der Waals surface area contributed by atoms with Crippen molar-refractivity contribution in [2.24, 2.45) is 11.3 Å². The van der Waals surface area contributed by atoms with Crippen molar-refractivity contribution in [3.8, 4) is 0 Å². The normalized spacial score (nSPS) is 26.0. The van der Waals surface area contributed by atoms with E-state index >= 15 is 0 Å². The molecule has 1 saturated heterocycles. The zero-order valence-electron chi connectivity index (χ0n) is 16.2. The fourth-order valence-electron chi connectivity index (χ4n) is 5.26. The van der Waals surface area contributed by atoms with Crippen molar-refractivity contribution in [1.82, 2.24) is 20.2 Å². The number of nitrogens with zero attached hydrogens (tertiary/aromatic N) is 2. The Kier molecular flexibility index (Phi) is 4.29. The van der Waals surface area contributed by atoms with E-state index in [0.29, 0.717) is 17.8 Å². The molecule has 4 fully saturated rings. The summed E-state index contributed by atoms with van der Waals surface area (Å²) in [4.78, 5) is 46.3. The summed E-state index contributed by atoms with van der Waals surface area (Å²) in [6.07, 6.45) is 9.94. The molecule has 0 unspecified atom stereocenters. The molecule has 7 nitrogen and oxygen atoms in total. The van der Waals surface area contributed by atoms with Crippen molar-refractivity contribution in [3.63, 3.8) is 0 Å². The van der Waals surface area contributed by atoms with E-state index in [1.165, 1.54) is 25.3 Å². The van der Waals surface area contributed by atoms with Crippen LogP contribution in [0.4, 0.5) is 0 Å². The third kappa shape index (κ3) is 3.25. The Balaban J connectivity index is 1.18. The molecule has 150 valence electrons. The van der Waals surface area contributed by atoms with E-state index < -0.39 is 0 Å². The van der Waals surface area contributed by atoms with E-state index in [1.807, 2.05) is 4.90 Å². The first kappa shape index (κ1) is 17.9. The molecule has 2 N–H and O–H groups in total. The van der Waals surface area contributed by atoms with Gasteiger partial charge in [-0.3, -0.25) is 14.4 Å². The fourth-order valence-corrected chi connectivity index (χ4v) is 5.26. The standard InChI is InChI=1S/C21H28N4O3/c26-17-9-16(23-18(24-17)13-4-5-13)19(27)22-12-15-3-1-8-25(15)20(28)14-10-21(11-14)6-2-7-21/h9,13-15H,1-8,10-12H2,(H,22,27)(H,23,24,26)/t15-/m1/s1. The van der Waals surface area contributed by atoms with Gasteiger partial charge < -0.3 is 15.2 Å². The van der Waals surface area contributed by atoms with Crippen LogP contribution in [0.3, 0.4) is 0 Å². The zero-order chi connectivity index (χ0) is 19.3. The van der Waals surface area contributed by atoms with Gasteiger partial charge in [0.2, 0.25) is 5.91 Å². The number of aromatic amines is 1. The predicted molar refractivity (Wildman–Crippen MR) is 103 cm³/mol. The van der Waals surface area contributed by atoms with Crippen LogP contribution in [0.25, 0.3) is 0 Å². The molecule has 3 aliphatic carbocycles. The predicted octanol–water partition coefficient (Wildman–Crippen LogP) is 1.95. The van der Waals surface area contributed by atoms with Crippen LogP contribution in [0.2, 0.25) is 0 Å². The van der Waals surface area contributed by atoms with Gasteiger partial charge in [0.1, 0.15) is 11.5 Å². The van der Waals surface area contributed by atoms with Gasteiger partial charge in [0.15, 0.2) is 0 Å². The number of rotatable bonds is 5. The number of aromatic nitrogens is 2. The van der Waals surface area contributed by atoms with Crippen LogP contribution in [0.5, 0.6) is 0 Å². The van der Waals surface area contributed by atoms with Crippen LogP contribution in [0.1, 0.15) is 80.0 Å². The number of amides is 2. The highest BCUT2D eigenvalue weighted by Gasteiger charge is 2.52. The van der Waals surface area contributed by atoms with Crippen LogP contribution >= 0.6 is 0 Å². The fraction of sp³-hybridized carbons (Fsp3) is 0.714. The number of H-pyrrole nitrogens is 1. The Labute approximate surface area is 164 Å². The van der Waals surface area contributed by atoms with Gasteiger partial charge >= 0.3 is 0 Å². The lowest BCUT2D eigenvalue weighted by Crippen LogP contribution is -2.52. The van der Waals surface area contributed by atoms with Gasteiger partial charge in [-0.25, -0.2) is 4.98 Å². The Morgan fingerprint density at radius 2 is 2.00 bits per heavy atom. The summed E-state index contributed by atoms with van der Waals surface area (Å²) in [5.74, 6) is 1.03. The number of hydrogen-bond donors (Lipinski definition) is 2. The highest BCUT2D eigenvalue weighted by molar-refractivity contribution is 5.92. The van der Waals surface area contributed by atoms with E-state index in [-0.39, 0.29) is 40.9 Å². The molecule has 1 aromatic rings. The number of hydrogen-bond acceptors (Lipinski definition) is 4. The Morgan fingerprint density at radius 1 is 1.21 bits per heavy atom. The summed E-state index contributed by atoms with van der Waals surface area (Å²) in [6.45, 7) is 1.22. The van der Waals surface area contributed by atoms with Crippen LogP contribution in [0.15, 0.2) is 10.9 Å². The lowest BCUT2D eigenvalue weighted by Gasteiger charge is -2.54. The molecule has 28 heavy (non-hydrogen) atoms. The maximum absolute atomic E-state index is 12.9. The SMILES string of the molecule is O=C(NC[C@H]1CCCN1C(=O)C1CC2(CCC2)C1)c1cc(=O)[nH]c(C2CC2)n1. The largest absolute Gasteiger partial charge is 0.349 e. The molecule has 1 atom stereocenters. The molecule has 2 heterocycles. The van der Waals surface area contributed by atoms with Gasteiger partial charge in [0.25, 0.3) is 11.5 Å². The summed E-state index contributed by atoms with van der Waals surface area (Å²) in [6, 6.07) is 1.31. The monoisotopic (exact) mass is 384 g/mol. The number of likely N-dealkylation sites (tertiary alicyclic amines) is 1. The van der Waals surface area contributed by atoms with Crippen LogP contribution in [-0.2, 0) is 4.79 Å². The number of nitrogens with one attached hydrogen (secondary N) is 2. The first-order valence-electron chi connectivity index (χ1n) is 10.7. The molecule has 7 heteroatoms. The molecule has 5 rings (SSSR count). The highest BCUT2D eigenvalue weighted by Crippen LogP contribution is 2.59. The lowest BCUT2D eigenvalue weighted by molar-refractivity contribution is -0.148. The van der Waals surface area contributed by atoms with Crippen LogP contribution < -0.4 is 10.9 Å². The summed E-state index contributed by atoms with van der Waals surface area (Å²) in [5.41, 5.74) is 0.386. The van der Waals surface area contributed by atoms with Crippen molar-refractivity contribution in [3.05, 3.63) is 27.9 Å². The average Bonchev–Trinajstić information content (AvgIpc) is 3.35. The number of carbonyl (C=O) groups excluding carboxylic acids is 2. The summed E-state index contributed by atoms with van der Waals surface area (Å²) >= 11 is 0. The Bertz CT molecular complexity index is 847. The van der Waals surface area contributed by atoms with Crippen molar-refractivity contribution in [1.29, 1.82) is 0 Å². The van der Waals surface area contributed by atoms with E-state index in [4.69, 9.17) is 0 Å². The van der Waals surface area contributed by atoms with Gasteiger partial charge in [-0.1, -0.05) is 6.42 Å². The molecular weight excluding hydrogens is 356 g/mol. The van der Waals surface area contributed by atoms with Crippen molar-refractivity contribution in [2.45, 2.75) is 69.7 Å². The van der Waals surface area contributed by atoms with E-state index in [0.717, 1.165) is 45.1 Å². The van der Waals surface area contributed by atoms with Gasteiger partial charge in [-0.05, 0) is 56.8 Å². The second-order valence-corrected chi connectivity index (χ2v) is 9.29. The van der Waals surface area contributed by atoms with Crippen LogP contribution in [0, 0.1) is 11.3 Å². The van der Waals surface area contributed by atoms with Crippen molar-refractivity contribution in [2.75, 3.05) is 13.1 Å². The Hall–Kier alpha value is -2.18. The summed E-state index contributed by atoms with van der Waals surface area (Å²) < 4.78 is 0. The second-order valence-electron chi connectivity index (χ2n) is 9.29. The Morgan fingerprint density at radius 3 is 2.68 bits per heavy atom. The third-order valence-electron chi connectivity index (χ3n) is 7.24. The molecule has 0 bridgehead atoms. The molecule has 1 aliphatic heterocycles. The van der Waals surface area contributed by atoms with Crippen LogP contribution in [-0.4, -0.2) is 45.8 Å². The summed E-state index contributed by atoms with van der Waals surface area (Å²) in [7, 11) is 0. The second kappa shape index (κ2) is 6.71. The van der Waals surface area contributed by atoms with E-state index in [9.17, 15) is 14.4 Å². The van der Waals surface area contributed by atoms with Gasteiger partial charge in [-0.15, -0.1) is 0 Å². The smallest absolute Gasteiger partial charge is 0.270 e. The molecule has 0 aromatic carbocycles. The molecular formula is C21H28N4O3. The average molecular weight is 384 g/mol. The molecule has 1 aromatic heterocycles. The first-order chi connectivity index (χ1) is 13.5. The molecule has 2 amide bonds. The molecule has 1 spiro atoms.